The van der Waals surface area contributed by atoms with Crippen LogP contribution >= 0.6 is 0 Å². The number of hydrogen-bond acceptors (Lipinski definition) is 4. The van der Waals surface area contributed by atoms with E-state index in [9.17, 15) is 9.90 Å². The van der Waals surface area contributed by atoms with Crippen LogP contribution in [0.1, 0.15) is 33.6 Å². The lowest BCUT2D eigenvalue weighted by Crippen LogP contribution is -2.44. The van der Waals surface area contributed by atoms with E-state index in [1.807, 2.05) is 0 Å². The van der Waals surface area contributed by atoms with Gasteiger partial charge in [0.05, 0.1) is 6.10 Å². The zero-order valence-corrected chi connectivity index (χ0v) is 13.7. The lowest BCUT2D eigenvalue weighted by molar-refractivity contribution is 0.00866. The van der Waals surface area contributed by atoms with Gasteiger partial charge in [0, 0.05) is 13.1 Å². The van der Waals surface area contributed by atoms with Crippen molar-refractivity contribution in [3.8, 4) is 0 Å². The molecule has 0 saturated carbocycles. The summed E-state index contributed by atoms with van der Waals surface area (Å²) in [5.74, 6) is 0. The Morgan fingerprint density at radius 2 is 2.05 bits per heavy atom. The van der Waals surface area contributed by atoms with Crippen LogP contribution in [-0.4, -0.2) is 50.4 Å². The van der Waals surface area contributed by atoms with Crippen molar-refractivity contribution in [3.05, 3.63) is 0 Å². The van der Waals surface area contributed by atoms with Crippen molar-refractivity contribution >= 4 is 14.4 Å². The number of nitrogens with zero attached hydrogens (tertiary/aromatic N) is 1. The van der Waals surface area contributed by atoms with E-state index in [2.05, 4.69) is 33.9 Å². The molecule has 112 valence electrons. The van der Waals surface area contributed by atoms with Gasteiger partial charge in [-0.05, 0) is 31.0 Å². The van der Waals surface area contributed by atoms with E-state index in [-0.39, 0.29) is 11.8 Å². The van der Waals surface area contributed by atoms with Crippen LogP contribution < -0.4 is 0 Å². The van der Waals surface area contributed by atoms with Gasteiger partial charge in [0.25, 0.3) is 0 Å². The van der Waals surface area contributed by atoms with Gasteiger partial charge >= 0.3 is 6.09 Å². The number of carbonyl (C=O) groups is 1. The predicted molar refractivity (Wildman–Crippen MR) is 76.4 cm³/mol. The van der Waals surface area contributed by atoms with E-state index in [1.165, 1.54) is 0 Å². The molecular formula is C13H27NO4Si. The highest BCUT2D eigenvalue weighted by atomic mass is 28.4. The Morgan fingerprint density at radius 1 is 1.42 bits per heavy atom. The predicted octanol–water partition coefficient (Wildman–Crippen LogP) is 2.56. The smallest absolute Gasteiger partial charge is 0.411 e. The first-order valence-corrected chi connectivity index (χ1v) is 9.78. The van der Waals surface area contributed by atoms with E-state index >= 15 is 0 Å². The fourth-order valence-corrected chi connectivity index (χ4v) is 2.44. The van der Waals surface area contributed by atoms with Crippen molar-refractivity contribution in [2.24, 2.45) is 0 Å². The van der Waals surface area contributed by atoms with Crippen LogP contribution in [0.25, 0.3) is 0 Å². The Morgan fingerprint density at radius 3 is 2.58 bits per heavy atom. The van der Waals surface area contributed by atoms with Crippen LogP contribution in [0.15, 0.2) is 0 Å². The molecule has 1 heterocycles. The normalized spacial score (nSPS) is 21.4. The van der Waals surface area contributed by atoms with Gasteiger partial charge in [0.15, 0.2) is 15.1 Å². The minimum atomic E-state index is -1.88. The molecule has 0 radical (unpaired) electrons. The second kappa shape index (κ2) is 6.24. The number of aliphatic hydroxyl groups is 1. The third-order valence-corrected chi connectivity index (χ3v) is 8.51. The Hall–Kier alpha value is -0.593. The Kier molecular flexibility index (Phi) is 5.40. The molecule has 0 aromatic carbocycles. The molecule has 1 saturated heterocycles. The highest BCUT2D eigenvalue weighted by molar-refractivity contribution is 6.74. The minimum Gasteiger partial charge on any atom is -0.423 e. The van der Waals surface area contributed by atoms with E-state index in [4.69, 9.17) is 9.16 Å². The zero-order valence-electron chi connectivity index (χ0n) is 12.7. The number of β-amino-alcohol motifs (C(OH)–C–C–N with tert-alkyl or cyclic N) is 1. The largest absolute Gasteiger partial charge is 0.423 e. The van der Waals surface area contributed by atoms with Crippen molar-refractivity contribution in [2.45, 2.75) is 57.8 Å². The molecular weight excluding hydrogens is 262 g/mol. The minimum absolute atomic E-state index is 0.00191. The fraction of sp³-hybridized carbons (Fsp3) is 0.923. The van der Waals surface area contributed by atoms with E-state index in [0.717, 1.165) is 12.8 Å². The van der Waals surface area contributed by atoms with Gasteiger partial charge < -0.3 is 19.2 Å². The molecule has 1 rings (SSSR count). The quantitative estimate of drug-likeness (QED) is 0.641. The van der Waals surface area contributed by atoms with Crippen LogP contribution in [-0.2, 0) is 9.16 Å². The molecule has 5 nitrogen and oxygen atoms in total. The number of ether oxygens (including phenoxy) is 1. The number of carbonyl (C=O) groups excluding carboxylic acids is 1. The molecule has 1 aliphatic heterocycles. The SMILES string of the molecule is CC(C)(C)[Si](C)(C)OCOC(=O)N1CCCC(O)C1. The first kappa shape index (κ1) is 16.5. The zero-order chi connectivity index (χ0) is 14.7. The van der Waals surface area contributed by atoms with Crippen LogP contribution in [0.5, 0.6) is 0 Å². The van der Waals surface area contributed by atoms with E-state index in [1.54, 1.807) is 4.90 Å². The summed E-state index contributed by atoms with van der Waals surface area (Å²) >= 11 is 0. The van der Waals surface area contributed by atoms with Crippen molar-refractivity contribution in [2.75, 3.05) is 19.9 Å². The Bertz CT molecular complexity index is 314. The summed E-state index contributed by atoms with van der Waals surface area (Å²) in [5.41, 5.74) is 0. The molecule has 6 heteroatoms. The van der Waals surface area contributed by atoms with Crippen molar-refractivity contribution in [3.63, 3.8) is 0 Å². The number of piperidine rings is 1. The second-order valence-electron chi connectivity index (χ2n) is 6.67. The van der Waals surface area contributed by atoms with Crippen molar-refractivity contribution in [1.29, 1.82) is 0 Å². The summed E-state index contributed by atoms with van der Waals surface area (Å²) < 4.78 is 10.9. The average Bonchev–Trinajstić information content (AvgIpc) is 2.27. The lowest BCUT2D eigenvalue weighted by atomic mass is 10.1. The molecule has 1 amide bonds. The summed E-state index contributed by atoms with van der Waals surface area (Å²) in [5, 5.41) is 9.61. The molecule has 0 aromatic heterocycles. The van der Waals surface area contributed by atoms with Gasteiger partial charge in [-0.15, -0.1) is 0 Å². The van der Waals surface area contributed by atoms with Crippen LogP contribution in [0.4, 0.5) is 4.79 Å². The highest BCUT2D eigenvalue weighted by Crippen LogP contribution is 2.36. The molecule has 1 unspecified atom stereocenters. The lowest BCUT2D eigenvalue weighted by Gasteiger charge is -2.36. The standard InChI is InChI=1S/C13H27NO4Si/c1-13(2,3)19(4,5)18-10-17-12(16)14-8-6-7-11(15)9-14/h11,15H,6-10H2,1-5H3. The Labute approximate surface area is 117 Å². The van der Waals surface area contributed by atoms with E-state index < -0.39 is 20.5 Å². The molecule has 1 N–H and O–H groups in total. The monoisotopic (exact) mass is 289 g/mol. The maximum atomic E-state index is 11.8. The van der Waals surface area contributed by atoms with Gasteiger partial charge in [-0.1, -0.05) is 20.8 Å². The number of likely N-dealkylation sites (tertiary alicyclic amines) is 1. The third-order valence-electron chi connectivity index (χ3n) is 4.06. The van der Waals surface area contributed by atoms with Crippen molar-refractivity contribution in [1.82, 2.24) is 4.90 Å². The number of hydrogen-bond donors (Lipinski definition) is 1. The number of rotatable bonds is 3. The molecule has 1 atom stereocenters. The third kappa shape index (κ3) is 4.78. The van der Waals surface area contributed by atoms with Crippen LogP contribution in [0.3, 0.4) is 0 Å². The summed E-state index contributed by atoms with van der Waals surface area (Å²) in [4.78, 5) is 13.4. The molecule has 1 fully saturated rings. The summed E-state index contributed by atoms with van der Waals surface area (Å²) in [6.45, 7) is 11.7. The molecule has 19 heavy (non-hydrogen) atoms. The molecule has 0 aliphatic carbocycles. The fourth-order valence-electron chi connectivity index (χ4n) is 1.66. The Balaban J connectivity index is 2.35. The molecule has 0 aromatic rings. The summed E-state index contributed by atoms with van der Waals surface area (Å²) in [6.07, 6.45) is 0.754. The number of amides is 1. The molecule has 1 aliphatic rings. The highest BCUT2D eigenvalue weighted by Gasteiger charge is 2.37. The maximum Gasteiger partial charge on any atom is 0.411 e. The van der Waals surface area contributed by atoms with Gasteiger partial charge in [0.1, 0.15) is 0 Å². The van der Waals surface area contributed by atoms with Gasteiger partial charge in [-0.25, -0.2) is 4.79 Å². The maximum absolute atomic E-state index is 11.8. The van der Waals surface area contributed by atoms with Gasteiger partial charge in [0.2, 0.25) is 0 Å². The molecule has 0 bridgehead atoms. The van der Waals surface area contributed by atoms with Crippen molar-refractivity contribution < 1.29 is 19.1 Å². The van der Waals surface area contributed by atoms with Crippen LogP contribution in [0, 0.1) is 0 Å². The summed E-state index contributed by atoms with van der Waals surface area (Å²) in [6, 6.07) is 0. The van der Waals surface area contributed by atoms with Gasteiger partial charge in [-0.3, -0.25) is 0 Å². The first-order valence-electron chi connectivity index (χ1n) is 6.87. The summed E-state index contributed by atoms with van der Waals surface area (Å²) in [7, 11) is -1.88. The number of aliphatic hydroxyl groups excluding tert-OH is 1. The van der Waals surface area contributed by atoms with Crippen LogP contribution in [0.2, 0.25) is 18.1 Å². The topological polar surface area (TPSA) is 59.0 Å². The van der Waals surface area contributed by atoms with Gasteiger partial charge in [-0.2, -0.15) is 0 Å². The first-order chi connectivity index (χ1) is 8.63. The second-order valence-corrected chi connectivity index (χ2v) is 11.5. The molecule has 0 spiro atoms. The average molecular weight is 289 g/mol. The van der Waals surface area contributed by atoms with E-state index in [0.29, 0.717) is 13.1 Å².